The number of carbonyl (C=O) groups excluding carboxylic acids is 3. The molecule has 10 heteroatoms. The molecule has 1 aliphatic heterocycles. The predicted molar refractivity (Wildman–Crippen MR) is 102 cm³/mol. The monoisotopic (exact) mass is 427 g/mol. The lowest BCUT2D eigenvalue weighted by atomic mass is 10.0. The van der Waals surface area contributed by atoms with Crippen LogP contribution in [0.1, 0.15) is 38.1 Å². The van der Waals surface area contributed by atoms with E-state index in [0.717, 1.165) is 9.80 Å². The summed E-state index contributed by atoms with van der Waals surface area (Å²) < 4.78 is -1.06. The molecular formula is C18H19Cl2N3O5. The van der Waals surface area contributed by atoms with E-state index >= 15 is 0 Å². The molecule has 0 radical (unpaired) electrons. The Morgan fingerprint density at radius 1 is 1.14 bits per heavy atom. The van der Waals surface area contributed by atoms with Gasteiger partial charge in [-0.1, -0.05) is 13.8 Å². The molecule has 0 N–H and O–H groups in total. The van der Waals surface area contributed by atoms with E-state index in [4.69, 9.17) is 23.2 Å². The van der Waals surface area contributed by atoms with E-state index in [1.165, 1.54) is 38.1 Å². The van der Waals surface area contributed by atoms with Crippen molar-refractivity contribution < 1.29 is 19.3 Å². The summed E-state index contributed by atoms with van der Waals surface area (Å²) in [6, 6.07) is 4.09. The Bertz CT molecular complexity index is 881. The molecule has 4 amide bonds. The topological polar surface area (TPSA) is 101 Å². The van der Waals surface area contributed by atoms with Crippen molar-refractivity contribution >= 4 is 46.7 Å². The number of rotatable bonds is 4. The van der Waals surface area contributed by atoms with Crippen LogP contribution < -0.4 is 0 Å². The Labute approximate surface area is 171 Å². The number of urea groups is 1. The van der Waals surface area contributed by atoms with E-state index in [1.807, 2.05) is 13.8 Å². The Hall–Kier alpha value is -2.19. The van der Waals surface area contributed by atoms with E-state index in [9.17, 15) is 24.5 Å². The molecule has 2 aliphatic rings. The third-order valence-corrected chi connectivity index (χ3v) is 7.23. The van der Waals surface area contributed by atoms with Crippen molar-refractivity contribution in [2.24, 2.45) is 11.3 Å². The van der Waals surface area contributed by atoms with Gasteiger partial charge < -0.3 is 0 Å². The largest absolute Gasteiger partial charge is 0.334 e. The number of benzene rings is 1. The maximum atomic E-state index is 12.9. The van der Waals surface area contributed by atoms with Crippen molar-refractivity contribution in [1.29, 1.82) is 0 Å². The SMILES string of the molecule is CC1(C)C(=O)N(CC2C(C)(C)C2(Cl)Cl)C(=O)N1C(=O)c1ccc([N+](=O)[O-])cc1. The molecular weight excluding hydrogens is 409 g/mol. The lowest BCUT2D eigenvalue weighted by Crippen LogP contribution is -2.47. The Balaban J connectivity index is 1.87. The van der Waals surface area contributed by atoms with Crippen LogP contribution in [0.15, 0.2) is 24.3 Å². The number of carbonyl (C=O) groups is 3. The van der Waals surface area contributed by atoms with Crippen molar-refractivity contribution in [2.45, 2.75) is 37.6 Å². The van der Waals surface area contributed by atoms with Gasteiger partial charge in [-0.05, 0) is 26.0 Å². The van der Waals surface area contributed by atoms with Gasteiger partial charge in [0.05, 0.1) is 4.92 Å². The molecule has 3 rings (SSSR count). The van der Waals surface area contributed by atoms with Crippen LogP contribution in [0.3, 0.4) is 0 Å². The molecule has 1 atom stereocenters. The zero-order valence-corrected chi connectivity index (χ0v) is 17.2. The van der Waals surface area contributed by atoms with Crippen molar-refractivity contribution in [2.75, 3.05) is 6.54 Å². The van der Waals surface area contributed by atoms with Crippen LogP contribution in [0.2, 0.25) is 0 Å². The van der Waals surface area contributed by atoms with Crippen molar-refractivity contribution in [3.63, 3.8) is 0 Å². The number of halogens is 2. The number of hydrogen-bond donors (Lipinski definition) is 0. The fourth-order valence-electron chi connectivity index (χ4n) is 3.51. The summed E-state index contributed by atoms with van der Waals surface area (Å²) in [5.41, 5.74) is -2.00. The first kappa shape index (κ1) is 20.5. The molecule has 8 nitrogen and oxygen atoms in total. The summed E-state index contributed by atoms with van der Waals surface area (Å²) in [5, 5.41) is 10.8. The average Bonchev–Trinajstić information content (AvgIpc) is 2.90. The molecule has 1 aliphatic carbocycles. The van der Waals surface area contributed by atoms with Gasteiger partial charge in [-0.25, -0.2) is 9.69 Å². The van der Waals surface area contributed by atoms with Gasteiger partial charge in [0, 0.05) is 35.6 Å². The Morgan fingerprint density at radius 2 is 1.64 bits per heavy atom. The van der Waals surface area contributed by atoms with Gasteiger partial charge in [0.2, 0.25) is 0 Å². The van der Waals surface area contributed by atoms with Gasteiger partial charge in [-0.2, -0.15) is 0 Å². The van der Waals surface area contributed by atoms with Gasteiger partial charge >= 0.3 is 6.03 Å². The molecule has 0 bridgehead atoms. The van der Waals surface area contributed by atoms with Crippen LogP contribution in [0.4, 0.5) is 10.5 Å². The molecule has 0 spiro atoms. The number of alkyl halides is 2. The first-order valence-corrected chi connectivity index (χ1v) is 9.33. The summed E-state index contributed by atoms with van der Waals surface area (Å²) in [5.74, 6) is -1.56. The van der Waals surface area contributed by atoms with Crippen LogP contribution in [-0.2, 0) is 4.79 Å². The van der Waals surface area contributed by atoms with E-state index in [2.05, 4.69) is 0 Å². The quantitative estimate of drug-likeness (QED) is 0.316. The highest BCUT2D eigenvalue weighted by molar-refractivity contribution is 6.51. The fourth-order valence-corrected chi connectivity index (χ4v) is 4.35. The highest BCUT2D eigenvalue weighted by Gasteiger charge is 2.71. The van der Waals surface area contributed by atoms with Crippen LogP contribution in [0.5, 0.6) is 0 Å². The third-order valence-electron chi connectivity index (χ3n) is 5.73. The number of nitrogens with zero attached hydrogens (tertiary/aromatic N) is 3. The zero-order valence-electron chi connectivity index (χ0n) is 15.7. The molecule has 1 aromatic carbocycles. The number of imide groups is 2. The number of amides is 4. The predicted octanol–water partition coefficient (Wildman–Crippen LogP) is 3.61. The van der Waals surface area contributed by atoms with Crippen LogP contribution in [0.25, 0.3) is 0 Å². The minimum Gasteiger partial charge on any atom is -0.272 e. The smallest absolute Gasteiger partial charge is 0.272 e. The lowest BCUT2D eigenvalue weighted by molar-refractivity contribution is -0.384. The third kappa shape index (κ3) is 2.78. The Kier molecular flexibility index (Phi) is 4.51. The van der Waals surface area contributed by atoms with Gasteiger partial charge in [-0.3, -0.25) is 24.6 Å². The summed E-state index contributed by atoms with van der Waals surface area (Å²) in [6.45, 7) is 6.64. The highest BCUT2D eigenvalue weighted by Crippen LogP contribution is 2.68. The zero-order chi connectivity index (χ0) is 21.2. The number of nitro groups is 1. The van der Waals surface area contributed by atoms with E-state index < -0.39 is 38.1 Å². The summed E-state index contributed by atoms with van der Waals surface area (Å²) in [7, 11) is 0. The minimum atomic E-state index is -1.41. The lowest BCUT2D eigenvalue weighted by Gasteiger charge is -2.25. The van der Waals surface area contributed by atoms with E-state index in [0.29, 0.717) is 0 Å². The second-order valence-corrected chi connectivity index (χ2v) is 9.48. The van der Waals surface area contributed by atoms with E-state index in [1.54, 1.807) is 0 Å². The van der Waals surface area contributed by atoms with Crippen molar-refractivity contribution in [3.05, 3.63) is 39.9 Å². The molecule has 1 heterocycles. The summed E-state index contributed by atoms with van der Waals surface area (Å²) >= 11 is 12.5. The first-order valence-electron chi connectivity index (χ1n) is 8.57. The van der Waals surface area contributed by atoms with Gasteiger partial charge in [0.25, 0.3) is 17.5 Å². The summed E-state index contributed by atoms with van der Waals surface area (Å²) in [4.78, 5) is 50.7. The number of nitro benzene ring substituents is 1. The molecule has 1 unspecified atom stereocenters. The average molecular weight is 428 g/mol. The van der Waals surface area contributed by atoms with Crippen LogP contribution in [0, 0.1) is 21.4 Å². The molecule has 28 heavy (non-hydrogen) atoms. The van der Waals surface area contributed by atoms with Gasteiger partial charge in [-0.15, -0.1) is 23.2 Å². The van der Waals surface area contributed by atoms with Crippen LogP contribution in [-0.4, -0.2) is 49.0 Å². The minimum absolute atomic E-state index is 0.00510. The fraction of sp³-hybridized carbons (Fsp3) is 0.500. The molecule has 1 saturated carbocycles. The maximum absolute atomic E-state index is 12.9. The maximum Gasteiger partial charge on any atom is 0.334 e. The van der Waals surface area contributed by atoms with Crippen LogP contribution >= 0.6 is 23.2 Å². The first-order chi connectivity index (χ1) is 12.7. The van der Waals surface area contributed by atoms with E-state index in [-0.39, 0.29) is 23.7 Å². The normalized spacial score (nSPS) is 24.4. The molecule has 150 valence electrons. The number of hydrogen-bond acceptors (Lipinski definition) is 5. The standard InChI is InChI=1S/C18H19Cl2N3O5/c1-16(2)12(18(16,19)20)9-21-14(25)17(3,4)22(15(21)26)13(24)10-5-7-11(8-6-10)23(27)28/h5-8,12H,9H2,1-4H3. The molecule has 0 aromatic heterocycles. The summed E-state index contributed by atoms with van der Waals surface area (Å²) in [6.07, 6.45) is 0. The second kappa shape index (κ2) is 6.15. The van der Waals surface area contributed by atoms with Crippen molar-refractivity contribution in [3.8, 4) is 0 Å². The van der Waals surface area contributed by atoms with Gasteiger partial charge in [0.1, 0.15) is 9.87 Å². The Morgan fingerprint density at radius 3 is 2.07 bits per heavy atom. The molecule has 2 fully saturated rings. The number of non-ortho nitro benzene ring substituents is 1. The van der Waals surface area contributed by atoms with Crippen molar-refractivity contribution in [1.82, 2.24) is 9.80 Å². The van der Waals surface area contributed by atoms with Gasteiger partial charge in [0.15, 0.2) is 0 Å². The highest BCUT2D eigenvalue weighted by atomic mass is 35.5. The second-order valence-electron chi connectivity index (χ2n) is 8.10. The molecule has 1 saturated heterocycles. The molecule has 1 aromatic rings.